The van der Waals surface area contributed by atoms with Gasteiger partial charge in [0, 0.05) is 35.7 Å². The number of hydrogen-bond donors (Lipinski definition) is 1. The zero-order chi connectivity index (χ0) is 12.4. The second-order valence-corrected chi connectivity index (χ2v) is 6.38. The molecule has 1 aromatic carbocycles. The largest absolute Gasteiger partial charge is 0.381 e. The first-order chi connectivity index (χ1) is 8.80. The van der Waals surface area contributed by atoms with Crippen molar-refractivity contribution in [2.75, 3.05) is 19.8 Å². The molecule has 0 bridgehead atoms. The number of ether oxygens (including phenoxy) is 1. The van der Waals surface area contributed by atoms with Gasteiger partial charge in [-0.3, -0.25) is 0 Å². The number of benzene rings is 1. The van der Waals surface area contributed by atoms with Crippen LogP contribution >= 0.6 is 15.9 Å². The summed E-state index contributed by atoms with van der Waals surface area (Å²) in [5.41, 5.74) is 1.70. The maximum Gasteiger partial charge on any atom is 0.0475 e. The fourth-order valence-electron chi connectivity index (χ4n) is 2.82. The first-order valence-corrected chi connectivity index (χ1v) is 7.66. The van der Waals surface area contributed by atoms with Gasteiger partial charge in [-0.05, 0) is 37.3 Å². The highest BCUT2D eigenvalue weighted by molar-refractivity contribution is 9.10. The van der Waals surface area contributed by atoms with Gasteiger partial charge in [0.25, 0.3) is 0 Å². The Morgan fingerprint density at radius 1 is 1.22 bits per heavy atom. The monoisotopic (exact) mass is 309 g/mol. The summed E-state index contributed by atoms with van der Waals surface area (Å²) >= 11 is 3.72. The lowest BCUT2D eigenvalue weighted by Crippen LogP contribution is -2.43. The molecule has 2 aliphatic rings. The van der Waals surface area contributed by atoms with Gasteiger partial charge in [0.2, 0.25) is 0 Å². The summed E-state index contributed by atoms with van der Waals surface area (Å²) < 4.78 is 6.81. The van der Waals surface area contributed by atoms with Crippen LogP contribution < -0.4 is 5.32 Å². The zero-order valence-electron chi connectivity index (χ0n) is 10.6. The van der Waals surface area contributed by atoms with E-state index < -0.39 is 0 Å². The summed E-state index contributed by atoms with van der Waals surface area (Å²) in [5.74, 6) is 0. The lowest BCUT2D eigenvalue weighted by atomic mass is 9.74. The summed E-state index contributed by atoms with van der Waals surface area (Å²) in [6.45, 7) is 2.85. The molecule has 0 atom stereocenters. The van der Waals surface area contributed by atoms with Gasteiger partial charge in [-0.2, -0.15) is 0 Å². The molecule has 2 nitrogen and oxygen atoms in total. The van der Waals surface area contributed by atoms with Gasteiger partial charge in [0.1, 0.15) is 0 Å². The van der Waals surface area contributed by atoms with Crippen LogP contribution in [0.5, 0.6) is 0 Å². The van der Waals surface area contributed by atoms with Gasteiger partial charge in [-0.1, -0.05) is 34.1 Å². The SMILES string of the molecule is Brc1ccccc1C1(CNC2CC2)CCOCC1. The fraction of sp³-hybridized carbons (Fsp3) is 0.600. The molecule has 1 aliphatic heterocycles. The van der Waals surface area contributed by atoms with E-state index >= 15 is 0 Å². The minimum atomic E-state index is 0.251. The molecule has 1 saturated heterocycles. The van der Waals surface area contributed by atoms with E-state index in [0.717, 1.165) is 38.6 Å². The summed E-state index contributed by atoms with van der Waals surface area (Å²) in [7, 11) is 0. The average Bonchev–Trinajstić information content (AvgIpc) is 3.22. The molecule has 98 valence electrons. The van der Waals surface area contributed by atoms with Crippen LogP contribution in [-0.4, -0.2) is 25.8 Å². The van der Waals surface area contributed by atoms with Crippen molar-refractivity contribution >= 4 is 15.9 Å². The van der Waals surface area contributed by atoms with Crippen molar-refractivity contribution in [3.05, 3.63) is 34.3 Å². The topological polar surface area (TPSA) is 21.3 Å². The third kappa shape index (κ3) is 2.63. The Hall–Kier alpha value is -0.380. The highest BCUT2D eigenvalue weighted by Gasteiger charge is 2.37. The Morgan fingerprint density at radius 3 is 2.61 bits per heavy atom. The molecule has 1 heterocycles. The molecule has 0 spiro atoms. The smallest absolute Gasteiger partial charge is 0.0475 e. The Balaban J connectivity index is 1.85. The van der Waals surface area contributed by atoms with E-state index in [-0.39, 0.29) is 5.41 Å². The molecular weight excluding hydrogens is 290 g/mol. The minimum absolute atomic E-state index is 0.251. The van der Waals surface area contributed by atoms with E-state index in [2.05, 4.69) is 45.5 Å². The third-order valence-electron chi connectivity index (χ3n) is 4.20. The van der Waals surface area contributed by atoms with Crippen molar-refractivity contribution in [1.82, 2.24) is 5.32 Å². The van der Waals surface area contributed by atoms with Gasteiger partial charge < -0.3 is 10.1 Å². The van der Waals surface area contributed by atoms with E-state index in [1.165, 1.54) is 22.9 Å². The molecule has 2 fully saturated rings. The minimum Gasteiger partial charge on any atom is -0.381 e. The Kier molecular flexibility index (Phi) is 3.73. The summed E-state index contributed by atoms with van der Waals surface area (Å²) in [6, 6.07) is 9.43. The quantitative estimate of drug-likeness (QED) is 0.922. The predicted octanol–water partition coefficient (Wildman–Crippen LogP) is 3.25. The van der Waals surface area contributed by atoms with Crippen molar-refractivity contribution in [3.8, 4) is 0 Å². The van der Waals surface area contributed by atoms with Gasteiger partial charge in [-0.15, -0.1) is 0 Å². The number of rotatable bonds is 4. The standard InChI is InChI=1S/C15H20BrNO/c16-14-4-2-1-3-13(14)15(7-9-18-10-8-15)11-17-12-5-6-12/h1-4,12,17H,5-11H2. The van der Waals surface area contributed by atoms with Crippen LogP contribution in [0, 0.1) is 0 Å². The van der Waals surface area contributed by atoms with Crippen molar-refractivity contribution in [1.29, 1.82) is 0 Å². The molecule has 0 radical (unpaired) electrons. The summed E-state index contributed by atoms with van der Waals surface area (Å²) in [5, 5.41) is 3.72. The number of nitrogens with one attached hydrogen (secondary N) is 1. The van der Waals surface area contributed by atoms with E-state index in [0.29, 0.717) is 0 Å². The number of halogens is 1. The van der Waals surface area contributed by atoms with Crippen LogP contribution in [0.25, 0.3) is 0 Å². The van der Waals surface area contributed by atoms with Gasteiger partial charge in [0.15, 0.2) is 0 Å². The normalized spacial score (nSPS) is 22.9. The second-order valence-electron chi connectivity index (χ2n) is 5.53. The lowest BCUT2D eigenvalue weighted by molar-refractivity contribution is 0.0495. The predicted molar refractivity (Wildman–Crippen MR) is 76.9 cm³/mol. The molecule has 1 saturated carbocycles. The van der Waals surface area contributed by atoms with Crippen molar-refractivity contribution in [2.45, 2.75) is 37.1 Å². The Bertz CT molecular complexity index is 411. The molecule has 18 heavy (non-hydrogen) atoms. The third-order valence-corrected chi connectivity index (χ3v) is 4.89. The van der Waals surface area contributed by atoms with Crippen LogP contribution in [0.4, 0.5) is 0 Å². The lowest BCUT2D eigenvalue weighted by Gasteiger charge is -2.38. The van der Waals surface area contributed by atoms with Gasteiger partial charge in [-0.25, -0.2) is 0 Å². The first kappa shape index (κ1) is 12.6. The van der Waals surface area contributed by atoms with E-state index in [1.54, 1.807) is 0 Å². The first-order valence-electron chi connectivity index (χ1n) is 6.86. The highest BCUT2D eigenvalue weighted by Crippen LogP contribution is 2.38. The van der Waals surface area contributed by atoms with Crippen LogP contribution in [-0.2, 0) is 10.2 Å². The highest BCUT2D eigenvalue weighted by atomic mass is 79.9. The van der Waals surface area contributed by atoms with Crippen LogP contribution in [0.1, 0.15) is 31.2 Å². The number of hydrogen-bond acceptors (Lipinski definition) is 2. The Labute approximate surface area is 117 Å². The molecule has 0 aromatic heterocycles. The van der Waals surface area contributed by atoms with Gasteiger partial charge >= 0.3 is 0 Å². The van der Waals surface area contributed by atoms with Crippen molar-refractivity contribution < 1.29 is 4.74 Å². The molecule has 0 unspecified atom stereocenters. The molecule has 1 aromatic rings. The van der Waals surface area contributed by atoms with Crippen molar-refractivity contribution in [2.24, 2.45) is 0 Å². The summed E-state index contributed by atoms with van der Waals surface area (Å²) in [6.07, 6.45) is 4.94. The van der Waals surface area contributed by atoms with E-state index in [4.69, 9.17) is 4.74 Å². The molecule has 0 amide bonds. The Morgan fingerprint density at radius 2 is 1.94 bits per heavy atom. The van der Waals surface area contributed by atoms with Gasteiger partial charge in [0.05, 0.1) is 0 Å². The average molecular weight is 310 g/mol. The summed E-state index contributed by atoms with van der Waals surface area (Å²) in [4.78, 5) is 0. The molecule has 1 N–H and O–H groups in total. The second kappa shape index (κ2) is 5.32. The molecule has 3 heteroatoms. The van der Waals surface area contributed by atoms with Crippen LogP contribution in [0.3, 0.4) is 0 Å². The van der Waals surface area contributed by atoms with Crippen LogP contribution in [0.2, 0.25) is 0 Å². The maximum absolute atomic E-state index is 5.57. The van der Waals surface area contributed by atoms with E-state index in [1.807, 2.05) is 0 Å². The zero-order valence-corrected chi connectivity index (χ0v) is 12.2. The maximum atomic E-state index is 5.57. The molecule has 3 rings (SSSR count). The molecular formula is C15H20BrNO. The van der Waals surface area contributed by atoms with E-state index in [9.17, 15) is 0 Å². The fourth-order valence-corrected chi connectivity index (χ4v) is 3.53. The van der Waals surface area contributed by atoms with Crippen LogP contribution in [0.15, 0.2) is 28.7 Å². The van der Waals surface area contributed by atoms with Crippen molar-refractivity contribution in [3.63, 3.8) is 0 Å². The molecule has 1 aliphatic carbocycles.